The maximum absolute atomic E-state index is 12.0. The molecule has 17 heavy (non-hydrogen) atoms. The van der Waals surface area contributed by atoms with Crippen LogP contribution in [0.15, 0.2) is 30.3 Å². The molecule has 1 saturated carbocycles. The Morgan fingerprint density at radius 2 is 2.00 bits per heavy atom. The molecule has 1 amide bonds. The molecular formula is C14H18N2O. The fraction of sp³-hybridized carbons (Fsp3) is 0.500. The van der Waals surface area contributed by atoms with Crippen molar-refractivity contribution in [2.24, 2.45) is 5.41 Å². The second-order valence-electron chi connectivity index (χ2n) is 5.34. The number of carbonyl (C=O) groups is 1. The van der Waals surface area contributed by atoms with E-state index in [1.165, 1.54) is 18.4 Å². The first-order valence-corrected chi connectivity index (χ1v) is 6.30. The highest BCUT2D eigenvalue weighted by atomic mass is 16.2. The molecule has 1 aromatic rings. The number of carbonyl (C=O) groups excluding carboxylic acids is 1. The molecule has 0 bridgehead atoms. The summed E-state index contributed by atoms with van der Waals surface area (Å²) in [5, 5.41) is 3.27. The lowest BCUT2D eigenvalue weighted by Gasteiger charge is -2.24. The molecule has 2 fully saturated rings. The molecule has 1 saturated heterocycles. The smallest absolute Gasteiger partial charge is 0.236 e. The Labute approximate surface area is 102 Å². The van der Waals surface area contributed by atoms with Crippen molar-refractivity contribution in [3.8, 4) is 0 Å². The van der Waals surface area contributed by atoms with Crippen LogP contribution in [-0.2, 0) is 11.3 Å². The molecule has 1 aromatic carbocycles. The molecule has 1 spiro atoms. The van der Waals surface area contributed by atoms with Crippen molar-refractivity contribution < 1.29 is 4.79 Å². The fourth-order valence-corrected chi connectivity index (χ4v) is 2.55. The van der Waals surface area contributed by atoms with E-state index in [0.717, 1.165) is 19.6 Å². The number of hydrogen-bond donors (Lipinski definition) is 1. The van der Waals surface area contributed by atoms with Crippen LogP contribution < -0.4 is 5.32 Å². The molecular weight excluding hydrogens is 212 g/mol. The Bertz CT molecular complexity index is 411. The molecule has 1 N–H and O–H groups in total. The third-order valence-corrected chi connectivity index (χ3v) is 3.83. The fourth-order valence-electron chi connectivity index (χ4n) is 2.55. The summed E-state index contributed by atoms with van der Waals surface area (Å²) < 4.78 is 0. The molecule has 0 atom stereocenters. The van der Waals surface area contributed by atoms with E-state index >= 15 is 0 Å². The van der Waals surface area contributed by atoms with E-state index in [-0.39, 0.29) is 5.91 Å². The van der Waals surface area contributed by atoms with Crippen LogP contribution in [0.25, 0.3) is 0 Å². The summed E-state index contributed by atoms with van der Waals surface area (Å²) in [6.45, 7) is 3.18. The van der Waals surface area contributed by atoms with E-state index in [1.807, 2.05) is 23.1 Å². The number of amides is 1. The normalized spacial score (nSPS) is 22.6. The van der Waals surface area contributed by atoms with Gasteiger partial charge in [-0.25, -0.2) is 0 Å². The van der Waals surface area contributed by atoms with Crippen LogP contribution >= 0.6 is 0 Å². The van der Waals surface area contributed by atoms with E-state index in [4.69, 9.17) is 0 Å². The minimum absolute atomic E-state index is 0.234. The van der Waals surface area contributed by atoms with Gasteiger partial charge in [0.05, 0.1) is 6.54 Å². The van der Waals surface area contributed by atoms with Crippen molar-refractivity contribution >= 4 is 5.91 Å². The highest BCUT2D eigenvalue weighted by molar-refractivity contribution is 5.78. The number of rotatable bonds is 2. The Morgan fingerprint density at radius 1 is 1.24 bits per heavy atom. The maximum atomic E-state index is 12.0. The average molecular weight is 230 g/mol. The topological polar surface area (TPSA) is 32.3 Å². The second-order valence-corrected chi connectivity index (χ2v) is 5.34. The van der Waals surface area contributed by atoms with Crippen molar-refractivity contribution in [3.05, 3.63) is 35.9 Å². The molecule has 3 heteroatoms. The quantitative estimate of drug-likeness (QED) is 0.833. The monoisotopic (exact) mass is 230 g/mol. The van der Waals surface area contributed by atoms with Gasteiger partial charge in [0.15, 0.2) is 0 Å². The molecule has 0 radical (unpaired) electrons. The number of benzene rings is 1. The molecule has 2 aliphatic rings. The first-order valence-electron chi connectivity index (χ1n) is 6.30. The van der Waals surface area contributed by atoms with Gasteiger partial charge in [-0.05, 0) is 18.4 Å². The van der Waals surface area contributed by atoms with Gasteiger partial charge in [-0.15, -0.1) is 0 Å². The minimum Gasteiger partial charge on any atom is -0.337 e. The standard InChI is InChI=1S/C14H18N2O/c17-13-8-15-10-14(6-7-14)11-16(13)9-12-4-2-1-3-5-12/h1-5,15H,6-11H2. The Hall–Kier alpha value is -1.35. The Morgan fingerprint density at radius 3 is 2.71 bits per heavy atom. The number of hydrogen-bond acceptors (Lipinski definition) is 2. The largest absolute Gasteiger partial charge is 0.337 e. The van der Waals surface area contributed by atoms with Gasteiger partial charge in [0, 0.05) is 25.0 Å². The highest BCUT2D eigenvalue weighted by Crippen LogP contribution is 2.46. The molecule has 1 aliphatic heterocycles. The predicted octanol–water partition coefficient (Wildman–Crippen LogP) is 1.40. The van der Waals surface area contributed by atoms with Crippen molar-refractivity contribution in [2.45, 2.75) is 19.4 Å². The van der Waals surface area contributed by atoms with E-state index in [2.05, 4.69) is 17.4 Å². The van der Waals surface area contributed by atoms with E-state index in [1.54, 1.807) is 0 Å². The lowest BCUT2D eigenvalue weighted by Crippen LogP contribution is -2.35. The van der Waals surface area contributed by atoms with Gasteiger partial charge >= 0.3 is 0 Å². The van der Waals surface area contributed by atoms with E-state index in [0.29, 0.717) is 12.0 Å². The molecule has 0 unspecified atom stereocenters. The van der Waals surface area contributed by atoms with Crippen LogP contribution in [0.3, 0.4) is 0 Å². The van der Waals surface area contributed by atoms with Gasteiger partial charge in [0.2, 0.25) is 5.91 Å². The third-order valence-electron chi connectivity index (χ3n) is 3.83. The van der Waals surface area contributed by atoms with Crippen LogP contribution in [-0.4, -0.2) is 30.4 Å². The van der Waals surface area contributed by atoms with Gasteiger partial charge in [0.25, 0.3) is 0 Å². The van der Waals surface area contributed by atoms with Gasteiger partial charge < -0.3 is 10.2 Å². The average Bonchev–Trinajstić information content (AvgIpc) is 3.11. The van der Waals surface area contributed by atoms with Crippen LogP contribution in [0.5, 0.6) is 0 Å². The lowest BCUT2D eigenvalue weighted by molar-refractivity contribution is -0.130. The summed E-state index contributed by atoms with van der Waals surface area (Å²) in [5.41, 5.74) is 1.61. The third kappa shape index (κ3) is 2.34. The summed E-state index contributed by atoms with van der Waals surface area (Å²) >= 11 is 0. The Balaban J connectivity index is 1.73. The summed E-state index contributed by atoms with van der Waals surface area (Å²) in [7, 11) is 0. The van der Waals surface area contributed by atoms with Crippen LogP contribution in [0.1, 0.15) is 18.4 Å². The number of nitrogens with zero attached hydrogens (tertiary/aromatic N) is 1. The highest BCUT2D eigenvalue weighted by Gasteiger charge is 2.45. The minimum atomic E-state index is 0.234. The molecule has 3 rings (SSSR count). The number of nitrogens with one attached hydrogen (secondary N) is 1. The summed E-state index contributed by atoms with van der Waals surface area (Å²) in [6.07, 6.45) is 2.52. The molecule has 90 valence electrons. The van der Waals surface area contributed by atoms with E-state index < -0.39 is 0 Å². The van der Waals surface area contributed by atoms with Crippen molar-refractivity contribution in [2.75, 3.05) is 19.6 Å². The van der Waals surface area contributed by atoms with Crippen molar-refractivity contribution in [1.29, 1.82) is 0 Å². The first kappa shape index (κ1) is 10.8. The SMILES string of the molecule is O=C1CNCC2(CC2)CN1Cc1ccccc1. The van der Waals surface area contributed by atoms with Gasteiger partial charge in [-0.2, -0.15) is 0 Å². The molecule has 3 nitrogen and oxygen atoms in total. The van der Waals surface area contributed by atoms with E-state index in [9.17, 15) is 4.79 Å². The molecule has 0 aromatic heterocycles. The maximum Gasteiger partial charge on any atom is 0.236 e. The zero-order chi connectivity index (χ0) is 11.7. The summed E-state index contributed by atoms with van der Waals surface area (Å²) in [5.74, 6) is 0.234. The zero-order valence-corrected chi connectivity index (χ0v) is 9.98. The van der Waals surface area contributed by atoms with Crippen LogP contribution in [0.4, 0.5) is 0 Å². The lowest BCUT2D eigenvalue weighted by atomic mass is 10.1. The molecule has 1 aliphatic carbocycles. The Kier molecular flexibility index (Phi) is 2.63. The van der Waals surface area contributed by atoms with Gasteiger partial charge in [-0.1, -0.05) is 30.3 Å². The summed E-state index contributed by atoms with van der Waals surface area (Å²) in [6, 6.07) is 10.2. The zero-order valence-electron chi connectivity index (χ0n) is 9.98. The summed E-state index contributed by atoms with van der Waals surface area (Å²) in [4.78, 5) is 14.0. The van der Waals surface area contributed by atoms with Crippen LogP contribution in [0.2, 0.25) is 0 Å². The second kappa shape index (κ2) is 4.15. The van der Waals surface area contributed by atoms with Crippen LogP contribution in [0, 0.1) is 5.41 Å². The van der Waals surface area contributed by atoms with Crippen molar-refractivity contribution in [3.63, 3.8) is 0 Å². The molecule has 1 heterocycles. The van der Waals surface area contributed by atoms with Gasteiger partial charge in [-0.3, -0.25) is 4.79 Å². The van der Waals surface area contributed by atoms with Gasteiger partial charge in [0.1, 0.15) is 0 Å². The predicted molar refractivity (Wildman–Crippen MR) is 66.4 cm³/mol. The van der Waals surface area contributed by atoms with Crippen molar-refractivity contribution in [1.82, 2.24) is 10.2 Å². The first-order chi connectivity index (χ1) is 8.27.